The van der Waals surface area contributed by atoms with Gasteiger partial charge >= 0.3 is 0 Å². The Morgan fingerprint density at radius 1 is 1.03 bits per heavy atom. The molecule has 0 aliphatic heterocycles. The summed E-state index contributed by atoms with van der Waals surface area (Å²) in [6, 6.07) is 17.7. The molecule has 0 spiro atoms. The zero-order valence-corrected chi connectivity index (χ0v) is 18.3. The topological polar surface area (TPSA) is 95.6 Å². The molecule has 8 heteroatoms. The van der Waals surface area contributed by atoms with Crippen molar-refractivity contribution in [2.24, 2.45) is 0 Å². The third kappa shape index (κ3) is 4.57. The highest BCUT2D eigenvalue weighted by molar-refractivity contribution is 5.70. The number of aryl methyl sites for hydroxylation is 1. The van der Waals surface area contributed by atoms with Crippen LogP contribution in [-0.2, 0) is 0 Å². The molecule has 160 valence electrons. The summed E-state index contributed by atoms with van der Waals surface area (Å²) in [5.74, 6) is 1.21. The van der Waals surface area contributed by atoms with Crippen molar-refractivity contribution < 1.29 is 0 Å². The third-order valence-electron chi connectivity index (χ3n) is 5.12. The number of anilines is 3. The number of hydrogen-bond acceptors (Lipinski definition) is 7. The van der Waals surface area contributed by atoms with Gasteiger partial charge in [0.15, 0.2) is 0 Å². The van der Waals surface area contributed by atoms with Crippen molar-refractivity contribution in [3.05, 3.63) is 72.4 Å². The van der Waals surface area contributed by atoms with Crippen molar-refractivity contribution in [3.63, 3.8) is 0 Å². The van der Waals surface area contributed by atoms with E-state index in [0.717, 1.165) is 47.2 Å². The summed E-state index contributed by atoms with van der Waals surface area (Å²) in [6.45, 7) is 7.79. The number of nitrogens with one attached hydrogen (secondary N) is 1. The molecule has 0 aliphatic carbocycles. The molecule has 2 aromatic carbocycles. The van der Waals surface area contributed by atoms with Gasteiger partial charge in [-0.3, -0.25) is 0 Å². The molecule has 1 N–H and O–H groups in total. The molecule has 4 aromatic rings. The standard InChI is InChI=1S/C24H24N8/c1-4-31(5-2)22-13-18(15-25)12-19(14-22)23-10-11-26-24(29-23)28-20-6-8-21(9-7-20)32-16-27-17(3)30-32/h6-14,16H,4-5H2,1-3H3,(H,26,28,29). The van der Waals surface area contributed by atoms with Gasteiger partial charge in [-0.2, -0.15) is 10.4 Å². The summed E-state index contributed by atoms with van der Waals surface area (Å²) < 4.78 is 1.73. The Morgan fingerprint density at radius 2 is 1.81 bits per heavy atom. The third-order valence-corrected chi connectivity index (χ3v) is 5.12. The first-order chi connectivity index (χ1) is 15.6. The fourth-order valence-electron chi connectivity index (χ4n) is 3.47. The lowest BCUT2D eigenvalue weighted by Gasteiger charge is -2.22. The van der Waals surface area contributed by atoms with Crippen molar-refractivity contribution in [2.75, 3.05) is 23.3 Å². The predicted molar refractivity (Wildman–Crippen MR) is 125 cm³/mol. The van der Waals surface area contributed by atoms with E-state index in [1.165, 1.54) is 0 Å². The summed E-state index contributed by atoms with van der Waals surface area (Å²) in [4.78, 5) is 15.4. The Labute approximate surface area is 187 Å². The fraction of sp³-hybridized carbons (Fsp3) is 0.208. The van der Waals surface area contributed by atoms with Gasteiger partial charge in [-0.05, 0) is 69.3 Å². The number of nitrogens with zero attached hydrogens (tertiary/aromatic N) is 7. The van der Waals surface area contributed by atoms with Crippen LogP contribution < -0.4 is 10.2 Å². The second-order valence-electron chi connectivity index (χ2n) is 7.23. The maximum absolute atomic E-state index is 9.49. The van der Waals surface area contributed by atoms with Gasteiger partial charge in [-0.1, -0.05) is 0 Å². The molecule has 0 saturated carbocycles. The molecule has 0 amide bonds. The van der Waals surface area contributed by atoms with E-state index in [1.807, 2.05) is 49.4 Å². The van der Waals surface area contributed by atoms with Crippen molar-refractivity contribution in [1.82, 2.24) is 24.7 Å². The average molecular weight is 425 g/mol. The molecule has 0 saturated heterocycles. The maximum Gasteiger partial charge on any atom is 0.227 e. The van der Waals surface area contributed by atoms with Gasteiger partial charge in [-0.25, -0.2) is 19.6 Å². The van der Waals surface area contributed by atoms with Gasteiger partial charge in [0.05, 0.1) is 23.0 Å². The SMILES string of the molecule is CCN(CC)c1cc(C#N)cc(-c2ccnc(Nc3ccc(-n4cnc(C)n4)cc3)n2)c1. The Balaban J connectivity index is 1.59. The van der Waals surface area contributed by atoms with Crippen LogP contribution in [0, 0.1) is 18.3 Å². The van der Waals surface area contributed by atoms with E-state index in [1.54, 1.807) is 17.2 Å². The van der Waals surface area contributed by atoms with E-state index < -0.39 is 0 Å². The lowest BCUT2D eigenvalue weighted by Crippen LogP contribution is -2.21. The van der Waals surface area contributed by atoms with E-state index in [9.17, 15) is 5.26 Å². The lowest BCUT2D eigenvalue weighted by molar-refractivity contribution is 0.863. The normalized spacial score (nSPS) is 10.6. The van der Waals surface area contributed by atoms with E-state index in [-0.39, 0.29) is 0 Å². The van der Waals surface area contributed by atoms with Crippen LogP contribution in [-0.4, -0.2) is 37.8 Å². The molecule has 0 bridgehead atoms. The average Bonchev–Trinajstić information content (AvgIpc) is 3.26. The van der Waals surface area contributed by atoms with Crippen molar-refractivity contribution in [3.8, 4) is 23.0 Å². The molecule has 0 fully saturated rings. The van der Waals surface area contributed by atoms with E-state index >= 15 is 0 Å². The van der Waals surface area contributed by atoms with E-state index in [0.29, 0.717) is 11.5 Å². The van der Waals surface area contributed by atoms with Crippen LogP contribution in [0.5, 0.6) is 0 Å². The lowest BCUT2D eigenvalue weighted by atomic mass is 10.1. The smallest absolute Gasteiger partial charge is 0.227 e. The molecular formula is C24H24N8. The Kier molecular flexibility index (Phi) is 6.08. The van der Waals surface area contributed by atoms with Crippen LogP contribution in [0.15, 0.2) is 61.1 Å². The number of hydrogen-bond donors (Lipinski definition) is 1. The quantitative estimate of drug-likeness (QED) is 0.467. The number of benzene rings is 2. The summed E-state index contributed by atoms with van der Waals surface area (Å²) in [5.41, 5.74) is 5.03. The van der Waals surface area contributed by atoms with Gasteiger partial charge in [-0.15, -0.1) is 0 Å². The minimum absolute atomic E-state index is 0.485. The molecule has 2 aromatic heterocycles. The maximum atomic E-state index is 9.49. The van der Waals surface area contributed by atoms with E-state index in [2.05, 4.69) is 56.3 Å². The zero-order chi connectivity index (χ0) is 22.5. The van der Waals surface area contributed by atoms with Gasteiger partial charge in [0.1, 0.15) is 12.2 Å². The van der Waals surface area contributed by atoms with Crippen LogP contribution in [0.4, 0.5) is 17.3 Å². The highest BCUT2D eigenvalue weighted by atomic mass is 15.3. The summed E-state index contributed by atoms with van der Waals surface area (Å²) in [7, 11) is 0. The van der Waals surface area contributed by atoms with Crippen LogP contribution in [0.2, 0.25) is 0 Å². The number of nitriles is 1. The number of aromatic nitrogens is 5. The Morgan fingerprint density at radius 3 is 2.47 bits per heavy atom. The molecule has 4 rings (SSSR count). The molecule has 0 unspecified atom stereocenters. The highest BCUT2D eigenvalue weighted by Gasteiger charge is 2.10. The first kappa shape index (κ1) is 21.0. The largest absolute Gasteiger partial charge is 0.372 e. The van der Waals surface area contributed by atoms with Crippen LogP contribution in [0.1, 0.15) is 25.2 Å². The zero-order valence-electron chi connectivity index (χ0n) is 18.3. The monoisotopic (exact) mass is 424 g/mol. The van der Waals surface area contributed by atoms with Crippen LogP contribution in [0.25, 0.3) is 16.9 Å². The predicted octanol–water partition coefficient (Wildman–Crippen LogP) is 4.49. The minimum Gasteiger partial charge on any atom is -0.372 e. The summed E-state index contributed by atoms with van der Waals surface area (Å²) in [6.07, 6.45) is 3.40. The van der Waals surface area contributed by atoms with Crippen molar-refractivity contribution in [2.45, 2.75) is 20.8 Å². The minimum atomic E-state index is 0.485. The Bertz CT molecular complexity index is 1250. The second kappa shape index (κ2) is 9.27. The first-order valence-electron chi connectivity index (χ1n) is 10.5. The van der Waals surface area contributed by atoms with Crippen molar-refractivity contribution in [1.29, 1.82) is 5.26 Å². The Hall–Kier alpha value is -4.25. The van der Waals surface area contributed by atoms with Crippen molar-refractivity contribution >= 4 is 17.3 Å². The van der Waals surface area contributed by atoms with Gasteiger partial charge < -0.3 is 10.2 Å². The molecule has 0 atom stereocenters. The molecule has 0 radical (unpaired) electrons. The van der Waals surface area contributed by atoms with Gasteiger partial charge in [0.2, 0.25) is 5.95 Å². The second-order valence-corrected chi connectivity index (χ2v) is 7.23. The molecule has 2 heterocycles. The molecular weight excluding hydrogens is 400 g/mol. The molecule has 32 heavy (non-hydrogen) atoms. The first-order valence-corrected chi connectivity index (χ1v) is 10.5. The van der Waals surface area contributed by atoms with Crippen LogP contribution in [0.3, 0.4) is 0 Å². The fourth-order valence-corrected chi connectivity index (χ4v) is 3.47. The van der Waals surface area contributed by atoms with E-state index in [4.69, 9.17) is 0 Å². The molecule has 8 nitrogen and oxygen atoms in total. The molecule has 0 aliphatic rings. The summed E-state index contributed by atoms with van der Waals surface area (Å²) in [5, 5.41) is 17.1. The highest BCUT2D eigenvalue weighted by Crippen LogP contribution is 2.27. The van der Waals surface area contributed by atoms with Gasteiger partial charge in [0.25, 0.3) is 0 Å². The van der Waals surface area contributed by atoms with Gasteiger partial charge in [0, 0.05) is 36.2 Å². The summed E-state index contributed by atoms with van der Waals surface area (Å²) >= 11 is 0. The van der Waals surface area contributed by atoms with Crippen LogP contribution >= 0.6 is 0 Å². The number of rotatable bonds is 7.